The average molecular weight is 290 g/mol. The summed E-state index contributed by atoms with van der Waals surface area (Å²) in [6, 6.07) is 3.98. The third-order valence-corrected chi connectivity index (χ3v) is 5.41. The number of hydrogen-bond donors (Lipinski definition) is 1. The summed E-state index contributed by atoms with van der Waals surface area (Å²) in [5.74, 6) is 3.71. The summed E-state index contributed by atoms with van der Waals surface area (Å²) in [7, 11) is 0. The van der Waals surface area contributed by atoms with Crippen LogP contribution >= 0.6 is 0 Å². The van der Waals surface area contributed by atoms with Crippen LogP contribution in [0.15, 0.2) is 10.5 Å². The largest absolute Gasteiger partial charge is 0.466 e. The fraction of sp³-hybridized carbons (Fsp3) is 0.778. The minimum Gasteiger partial charge on any atom is -0.466 e. The lowest BCUT2D eigenvalue weighted by atomic mass is 9.93. The number of nitrogens with one attached hydrogen (secondary N) is 1. The van der Waals surface area contributed by atoms with Crippen molar-refractivity contribution in [3.05, 3.63) is 23.2 Å². The first-order valence-electron chi connectivity index (χ1n) is 8.53. The second-order valence-electron chi connectivity index (χ2n) is 7.40. The van der Waals surface area contributed by atoms with Gasteiger partial charge in [0.1, 0.15) is 11.5 Å². The average Bonchev–Trinajstić information content (AvgIpc) is 3.23. The van der Waals surface area contributed by atoms with E-state index in [9.17, 15) is 0 Å². The predicted octanol–water partition coefficient (Wildman–Crippen LogP) is 3.67. The lowest BCUT2D eigenvalue weighted by molar-refractivity contribution is 0.0564. The Hall–Kier alpha value is -0.800. The molecule has 1 aliphatic carbocycles. The van der Waals surface area contributed by atoms with E-state index in [1.807, 2.05) is 6.92 Å². The van der Waals surface area contributed by atoms with Gasteiger partial charge in [-0.3, -0.25) is 4.90 Å². The van der Waals surface area contributed by atoms with Crippen molar-refractivity contribution in [2.75, 3.05) is 13.1 Å². The highest BCUT2D eigenvalue weighted by Crippen LogP contribution is 2.37. The fourth-order valence-electron chi connectivity index (χ4n) is 3.94. The van der Waals surface area contributed by atoms with E-state index < -0.39 is 0 Å². The molecule has 1 aromatic heterocycles. The zero-order valence-electron chi connectivity index (χ0n) is 14.1. The van der Waals surface area contributed by atoms with Crippen LogP contribution in [0, 0.1) is 25.7 Å². The summed E-state index contributed by atoms with van der Waals surface area (Å²) in [6.45, 7) is 13.5. The summed E-state index contributed by atoms with van der Waals surface area (Å²) in [5.41, 5.74) is 1.37. The van der Waals surface area contributed by atoms with Crippen LogP contribution in [0.5, 0.6) is 0 Å². The standard InChI is InChI=1S/C18H30N2O/c1-11(2)18-9-19-17(15-6-7-15)10-20(18)13(4)16-8-12(3)21-14(16)5/h8,11,13,15,17-19H,6-7,9-10H2,1-5H3. The third-order valence-electron chi connectivity index (χ3n) is 5.41. The van der Waals surface area contributed by atoms with E-state index in [1.54, 1.807) is 0 Å². The number of hydrogen-bond acceptors (Lipinski definition) is 3. The topological polar surface area (TPSA) is 28.4 Å². The van der Waals surface area contributed by atoms with Crippen molar-refractivity contribution in [2.45, 2.75) is 65.6 Å². The number of aryl methyl sites for hydroxylation is 2. The van der Waals surface area contributed by atoms with E-state index in [4.69, 9.17) is 4.42 Å². The van der Waals surface area contributed by atoms with E-state index in [1.165, 1.54) is 24.9 Å². The van der Waals surface area contributed by atoms with Crippen molar-refractivity contribution in [1.29, 1.82) is 0 Å². The molecule has 1 aliphatic heterocycles. The van der Waals surface area contributed by atoms with Crippen molar-refractivity contribution in [2.24, 2.45) is 11.8 Å². The Balaban J connectivity index is 1.81. The van der Waals surface area contributed by atoms with Crippen molar-refractivity contribution < 1.29 is 4.42 Å². The van der Waals surface area contributed by atoms with E-state index in [-0.39, 0.29) is 0 Å². The quantitative estimate of drug-likeness (QED) is 0.917. The molecule has 0 spiro atoms. The second-order valence-corrected chi connectivity index (χ2v) is 7.40. The molecule has 0 aromatic carbocycles. The van der Waals surface area contributed by atoms with Crippen LogP contribution in [0.4, 0.5) is 0 Å². The molecule has 2 heterocycles. The molecule has 1 N–H and O–H groups in total. The molecule has 2 aliphatic rings. The van der Waals surface area contributed by atoms with Gasteiger partial charge >= 0.3 is 0 Å². The fourth-order valence-corrected chi connectivity index (χ4v) is 3.94. The van der Waals surface area contributed by atoms with Gasteiger partial charge in [0.2, 0.25) is 0 Å². The van der Waals surface area contributed by atoms with Crippen LogP contribution in [0.25, 0.3) is 0 Å². The van der Waals surface area contributed by atoms with Crippen LogP contribution in [0.3, 0.4) is 0 Å². The predicted molar refractivity (Wildman–Crippen MR) is 86.4 cm³/mol. The molecule has 3 rings (SSSR count). The maximum absolute atomic E-state index is 5.77. The number of furan rings is 1. The van der Waals surface area contributed by atoms with E-state index >= 15 is 0 Å². The highest BCUT2D eigenvalue weighted by Gasteiger charge is 2.40. The van der Waals surface area contributed by atoms with E-state index in [2.05, 4.69) is 44.0 Å². The molecule has 2 fully saturated rings. The highest BCUT2D eigenvalue weighted by molar-refractivity contribution is 5.24. The van der Waals surface area contributed by atoms with Crippen LogP contribution in [0.2, 0.25) is 0 Å². The smallest absolute Gasteiger partial charge is 0.105 e. The lowest BCUT2D eigenvalue weighted by Gasteiger charge is -2.45. The van der Waals surface area contributed by atoms with Crippen molar-refractivity contribution in [3.63, 3.8) is 0 Å². The third kappa shape index (κ3) is 3.04. The van der Waals surface area contributed by atoms with Crippen LogP contribution in [-0.2, 0) is 0 Å². The van der Waals surface area contributed by atoms with Crippen molar-refractivity contribution in [3.8, 4) is 0 Å². The van der Waals surface area contributed by atoms with E-state index in [0.29, 0.717) is 24.0 Å². The Morgan fingerprint density at radius 2 is 1.95 bits per heavy atom. The number of nitrogens with zero attached hydrogens (tertiary/aromatic N) is 1. The van der Waals surface area contributed by atoms with Gasteiger partial charge in [-0.25, -0.2) is 0 Å². The van der Waals surface area contributed by atoms with Crippen molar-refractivity contribution >= 4 is 0 Å². The second kappa shape index (κ2) is 5.77. The summed E-state index contributed by atoms with van der Waals surface area (Å²) in [6.07, 6.45) is 2.83. The summed E-state index contributed by atoms with van der Waals surface area (Å²) in [5, 5.41) is 3.80. The van der Waals surface area contributed by atoms with E-state index in [0.717, 1.165) is 24.0 Å². The normalized spacial score (nSPS) is 29.0. The molecular weight excluding hydrogens is 260 g/mol. The van der Waals surface area contributed by atoms with Crippen molar-refractivity contribution in [1.82, 2.24) is 10.2 Å². The van der Waals surface area contributed by atoms with Gasteiger partial charge < -0.3 is 9.73 Å². The minimum atomic E-state index is 0.443. The van der Waals surface area contributed by atoms with Gasteiger partial charge in [-0.05, 0) is 51.5 Å². The molecule has 1 aromatic rings. The molecule has 1 saturated heterocycles. The Morgan fingerprint density at radius 1 is 1.24 bits per heavy atom. The molecular formula is C18H30N2O. The Kier molecular flexibility index (Phi) is 4.15. The summed E-state index contributed by atoms with van der Waals surface area (Å²) < 4.78 is 5.77. The SMILES string of the molecule is Cc1cc(C(C)N2CC(C3CC3)NCC2C(C)C)c(C)o1. The molecule has 3 unspecified atom stereocenters. The summed E-state index contributed by atoms with van der Waals surface area (Å²) in [4.78, 5) is 2.72. The Labute approximate surface area is 129 Å². The Bertz CT molecular complexity index is 489. The molecule has 0 bridgehead atoms. The van der Waals surface area contributed by atoms with Gasteiger partial charge in [0, 0.05) is 36.8 Å². The van der Waals surface area contributed by atoms with Crippen LogP contribution in [-0.4, -0.2) is 30.1 Å². The molecule has 21 heavy (non-hydrogen) atoms. The van der Waals surface area contributed by atoms with Gasteiger partial charge in [-0.1, -0.05) is 13.8 Å². The Morgan fingerprint density at radius 3 is 2.48 bits per heavy atom. The van der Waals surface area contributed by atoms with Crippen LogP contribution in [0.1, 0.15) is 56.7 Å². The monoisotopic (exact) mass is 290 g/mol. The minimum absolute atomic E-state index is 0.443. The highest BCUT2D eigenvalue weighted by atomic mass is 16.3. The van der Waals surface area contributed by atoms with Gasteiger partial charge in [0.05, 0.1) is 0 Å². The first-order chi connectivity index (χ1) is 9.97. The van der Waals surface area contributed by atoms with Gasteiger partial charge in [0.15, 0.2) is 0 Å². The molecule has 0 radical (unpaired) electrons. The molecule has 0 amide bonds. The zero-order chi connectivity index (χ0) is 15.1. The van der Waals surface area contributed by atoms with Gasteiger partial charge in [0.25, 0.3) is 0 Å². The number of piperazine rings is 1. The molecule has 3 nitrogen and oxygen atoms in total. The molecule has 3 heteroatoms. The molecule has 1 saturated carbocycles. The maximum atomic E-state index is 5.77. The van der Waals surface area contributed by atoms with Crippen LogP contribution < -0.4 is 5.32 Å². The zero-order valence-corrected chi connectivity index (χ0v) is 14.1. The molecule has 3 atom stereocenters. The first kappa shape index (κ1) is 15.1. The van der Waals surface area contributed by atoms with Gasteiger partial charge in [-0.2, -0.15) is 0 Å². The number of rotatable bonds is 4. The molecule has 118 valence electrons. The maximum Gasteiger partial charge on any atom is 0.105 e. The van der Waals surface area contributed by atoms with Gasteiger partial charge in [-0.15, -0.1) is 0 Å². The summed E-state index contributed by atoms with van der Waals surface area (Å²) >= 11 is 0. The lowest BCUT2D eigenvalue weighted by Crippen LogP contribution is -2.59. The first-order valence-corrected chi connectivity index (χ1v) is 8.53.